The van der Waals surface area contributed by atoms with E-state index in [1.165, 1.54) is 0 Å². The van der Waals surface area contributed by atoms with E-state index in [2.05, 4.69) is 29.3 Å². The molecule has 2 heterocycles. The number of nitrogens with two attached hydrogens (primary N) is 1. The van der Waals surface area contributed by atoms with E-state index in [0.717, 1.165) is 35.2 Å². The second kappa shape index (κ2) is 6.63. The van der Waals surface area contributed by atoms with Crippen molar-refractivity contribution < 1.29 is 4.74 Å². The van der Waals surface area contributed by atoms with Gasteiger partial charge in [0.05, 0.1) is 5.92 Å². The minimum absolute atomic E-state index is 0.130. The van der Waals surface area contributed by atoms with Crippen molar-refractivity contribution >= 4 is 6.08 Å². The van der Waals surface area contributed by atoms with Crippen LogP contribution in [0.15, 0.2) is 47.4 Å². The molecule has 0 amide bonds. The van der Waals surface area contributed by atoms with Crippen LogP contribution < -0.4 is 10.5 Å². The predicted octanol–water partition coefficient (Wildman–Crippen LogP) is 3.64. The molecule has 0 aliphatic carbocycles. The lowest BCUT2D eigenvalue weighted by molar-refractivity contribution is 0.378. The second-order valence-corrected chi connectivity index (χ2v) is 5.89. The fourth-order valence-corrected chi connectivity index (χ4v) is 3.10. The van der Waals surface area contributed by atoms with Crippen molar-refractivity contribution in [2.75, 3.05) is 0 Å². The first kappa shape index (κ1) is 15.9. The lowest BCUT2D eigenvalue weighted by Crippen LogP contribution is -2.21. The van der Waals surface area contributed by atoms with Gasteiger partial charge in [-0.3, -0.25) is 5.10 Å². The quantitative estimate of drug-likeness (QED) is 0.900. The summed E-state index contributed by atoms with van der Waals surface area (Å²) in [6.45, 7) is 4.12. The molecule has 122 valence electrons. The first-order chi connectivity index (χ1) is 11.7. The van der Waals surface area contributed by atoms with Gasteiger partial charge in [-0.2, -0.15) is 5.26 Å². The Morgan fingerprint density at radius 2 is 2.17 bits per heavy atom. The van der Waals surface area contributed by atoms with Gasteiger partial charge in [-0.15, -0.1) is 5.10 Å². The molecule has 0 radical (unpaired) electrons. The summed E-state index contributed by atoms with van der Waals surface area (Å²) in [5.74, 6) is 0.366. The van der Waals surface area contributed by atoms with Gasteiger partial charge in [0, 0.05) is 11.3 Å². The van der Waals surface area contributed by atoms with Crippen LogP contribution in [0.5, 0.6) is 5.88 Å². The molecule has 1 aliphatic heterocycles. The largest absolute Gasteiger partial charge is 0.420 e. The highest BCUT2D eigenvalue weighted by atomic mass is 16.5. The lowest BCUT2D eigenvalue weighted by Gasteiger charge is -2.24. The molecule has 1 aromatic heterocycles. The Morgan fingerprint density at radius 1 is 1.42 bits per heavy atom. The maximum atomic E-state index is 9.60. The average molecular weight is 320 g/mol. The summed E-state index contributed by atoms with van der Waals surface area (Å²) < 4.78 is 5.56. The number of rotatable bonds is 4. The summed E-state index contributed by atoms with van der Waals surface area (Å²) in [7, 11) is 0. The number of hydrogen-bond donors (Lipinski definition) is 2. The van der Waals surface area contributed by atoms with E-state index in [-0.39, 0.29) is 11.8 Å². The van der Waals surface area contributed by atoms with Crippen molar-refractivity contribution in [1.82, 2.24) is 10.2 Å². The Balaban J connectivity index is 2.12. The third-order valence-corrected chi connectivity index (χ3v) is 4.17. The first-order valence-electron chi connectivity index (χ1n) is 8.03. The highest BCUT2D eigenvalue weighted by Crippen LogP contribution is 2.43. The zero-order valence-corrected chi connectivity index (χ0v) is 13.8. The summed E-state index contributed by atoms with van der Waals surface area (Å²) in [4.78, 5) is 0. The van der Waals surface area contributed by atoms with E-state index in [9.17, 15) is 5.26 Å². The van der Waals surface area contributed by atoms with Crippen LogP contribution >= 0.6 is 0 Å². The molecule has 2 aromatic rings. The number of benzene rings is 1. The molecular weight excluding hydrogens is 300 g/mol. The number of fused-ring (bicyclic) bond motifs is 1. The molecule has 0 saturated carbocycles. The predicted molar refractivity (Wildman–Crippen MR) is 92.9 cm³/mol. The molecule has 3 N–H and O–H groups in total. The van der Waals surface area contributed by atoms with E-state index >= 15 is 0 Å². The third-order valence-electron chi connectivity index (χ3n) is 4.17. The summed E-state index contributed by atoms with van der Waals surface area (Å²) in [5, 5.41) is 16.9. The number of allylic oxidation sites excluding steroid dienone is 2. The number of hydrogen-bond acceptors (Lipinski definition) is 4. The minimum atomic E-state index is -0.237. The Kier molecular flexibility index (Phi) is 4.39. The molecule has 0 spiro atoms. The van der Waals surface area contributed by atoms with Gasteiger partial charge in [0.15, 0.2) is 0 Å². The molecule has 3 rings (SSSR count). The van der Waals surface area contributed by atoms with Crippen molar-refractivity contribution in [3.63, 3.8) is 0 Å². The van der Waals surface area contributed by atoms with E-state index in [0.29, 0.717) is 11.5 Å². The molecule has 5 nitrogen and oxygen atoms in total. The van der Waals surface area contributed by atoms with E-state index in [1.807, 2.05) is 37.3 Å². The highest BCUT2D eigenvalue weighted by molar-refractivity contribution is 5.61. The van der Waals surface area contributed by atoms with Crippen molar-refractivity contribution in [1.29, 1.82) is 5.26 Å². The van der Waals surface area contributed by atoms with E-state index in [1.54, 1.807) is 0 Å². The fraction of sp³-hybridized carbons (Fsp3) is 0.263. The van der Waals surface area contributed by atoms with Crippen molar-refractivity contribution in [2.24, 2.45) is 5.73 Å². The summed E-state index contributed by atoms with van der Waals surface area (Å²) in [6, 6.07) is 12.2. The number of aryl methyl sites for hydroxylation is 1. The standard InChI is InChI=1S/C19H20N4O/c1-3-7-15-17-16(12(2)10-13-8-5-4-6-9-13)14(11-20)18(21)24-19(17)23-22-15/h4-6,8-10,16H,3,7,21H2,1-2H3,(H,22,23). The van der Waals surface area contributed by atoms with Gasteiger partial charge < -0.3 is 10.5 Å². The van der Waals surface area contributed by atoms with E-state index in [4.69, 9.17) is 10.5 Å². The van der Waals surface area contributed by atoms with Crippen LogP contribution in [0.25, 0.3) is 6.08 Å². The zero-order valence-electron chi connectivity index (χ0n) is 13.8. The lowest BCUT2D eigenvalue weighted by atomic mass is 9.83. The van der Waals surface area contributed by atoms with Crippen LogP contribution in [0.4, 0.5) is 0 Å². The molecule has 1 aromatic carbocycles. The number of aromatic amines is 1. The number of nitriles is 1. The van der Waals surface area contributed by atoms with Gasteiger partial charge in [-0.1, -0.05) is 55.3 Å². The van der Waals surface area contributed by atoms with Gasteiger partial charge in [0.1, 0.15) is 11.6 Å². The molecular formula is C19H20N4O. The first-order valence-corrected chi connectivity index (χ1v) is 8.03. The number of H-pyrrole nitrogens is 1. The molecule has 0 fully saturated rings. The topological polar surface area (TPSA) is 87.7 Å². The highest BCUT2D eigenvalue weighted by Gasteiger charge is 2.34. The Bertz CT molecular complexity index is 840. The smallest absolute Gasteiger partial charge is 0.244 e. The molecule has 1 aliphatic rings. The number of ether oxygens (including phenoxy) is 1. The van der Waals surface area contributed by atoms with Crippen LogP contribution in [0.2, 0.25) is 0 Å². The van der Waals surface area contributed by atoms with Crippen LogP contribution in [0, 0.1) is 11.3 Å². The molecule has 24 heavy (non-hydrogen) atoms. The molecule has 0 saturated heterocycles. The maximum absolute atomic E-state index is 9.60. The van der Waals surface area contributed by atoms with Gasteiger partial charge >= 0.3 is 0 Å². The van der Waals surface area contributed by atoms with E-state index < -0.39 is 0 Å². The van der Waals surface area contributed by atoms with Crippen molar-refractivity contribution in [3.05, 3.63) is 64.2 Å². The molecule has 0 bridgehead atoms. The normalized spacial score (nSPS) is 17.2. The van der Waals surface area contributed by atoms with Crippen LogP contribution in [0.1, 0.15) is 43.0 Å². The monoisotopic (exact) mass is 320 g/mol. The van der Waals surface area contributed by atoms with Crippen LogP contribution in [0.3, 0.4) is 0 Å². The van der Waals surface area contributed by atoms with Crippen molar-refractivity contribution in [2.45, 2.75) is 32.6 Å². The SMILES string of the molecule is CCCc1[nH]nc2c1C(C(C)=Cc1ccccc1)C(C#N)=C(N)O2. The maximum Gasteiger partial charge on any atom is 0.244 e. The molecule has 1 unspecified atom stereocenters. The summed E-state index contributed by atoms with van der Waals surface area (Å²) >= 11 is 0. The van der Waals surface area contributed by atoms with Crippen molar-refractivity contribution in [3.8, 4) is 11.9 Å². The number of nitrogens with zero attached hydrogens (tertiary/aromatic N) is 2. The average Bonchev–Trinajstić information content (AvgIpc) is 2.97. The summed E-state index contributed by atoms with van der Waals surface area (Å²) in [5.41, 5.74) is 10.4. The Morgan fingerprint density at radius 3 is 2.83 bits per heavy atom. The van der Waals surface area contributed by atoms with Gasteiger partial charge in [0.2, 0.25) is 11.8 Å². The van der Waals surface area contributed by atoms with Crippen LogP contribution in [-0.2, 0) is 6.42 Å². The fourth-order valence-electron chi connectivity index (χ4n) is 3.10. The molecule has 1 atom stereocenters. The Hall–Kier alpha value is -3.00. The number of aromatic nitrogens is 2. The minimum Gasteiger partial charge on any atom is -0.420 e. The van der Waals surface area contributed by atoms with Gasteiger partial charge in [-0.05, 0) is 18.9 Å². The zero-order chi connectivity index (χ0) is 17.1. The summed E-state index contributed by atoms with van der Waals surface area (Å²) in [6.07, 6.45) is 3.90. The van der Waals surface area contributed by atoms with Gasteiger partial charge in [-0.25, -0.2) is 0 Å². The Labute approximate surface area is 141 Å². The van der Waals surface area contributed by atoms with Gasteiger partial charge in [0.25, 0.3) is 0 Å². The number of nitrogens with one attached hydrogen (secondary N) is 1. The third kappa shape index (κ3) is 2.79. The van der Waals surface area contributed by atoms with Crippen LogP contribution in [-0.4, -0.2) is 10.2 Å². The molecule has 5 heteroatoms. The second-order valence-electron chi connectivity index (χ2n) is 5.89.